The minimum absolute atomic E-state index is 0.455. The highest BCUT2D eigenvalue weighted by atomic mass is 15.0. The minimum atomic E-state index is 0.455. The molecule has 0 saturated heterocycles. The summed E-state index contributed by atoms with van der Waals surface area (Å²) in [5, 5.41) is 0. The van der Waals surface area contributed by atoms with E-state index in [4.69, 9.17) is 9.98 Å². The van der Waals surface area contributed by atoms with Gasteiger partial charge < -0.3 is 0 Å². The predicted molar refractivity (Wildman–Crippen MR) is 236 cm³/mol. The van der Waals surface area contributed by atoms with Crippen molar-refractivity contribution in [2.24, 2.45) is 15.0 Å². The number of rotatable bonds is 8. The first kappa shape index (κ1) is 34.8. The molecule has 2 aliphatic rings. The van der Waals surface area contributed by atoms with Crippen LogP contribution in [0, 0.1) is 0 Å². The second-order valence-electron chi connectivity index (χ2n) is 14.5. The lowest BCUT2D eigenvalue weighted by Crippen LogP contribution is -2.06. The van der Waals surface area contributed by atoms with Gasteiger partial charge in [-0.15, -0.1) is 0 Å². The zero-order chi connectivity index (χ0) is 37.7. The molecule has 0 bridgehead atoms. The highest BCUT2D eigenvalue weighted by molar-refractivity contribution is 6.13. The van der Waals surface area contributed by atoms with E-state index in [1.54, 1.807) is 0 Å². The molecule has 1 unspecified atom stereocenters. The molecule has 268 valence electrons. The normalized spacial score (nSPS) is 14.9. The number of fused-ring (bicyclic) bond motifs is 3. The van der Waals surface area contributed by atoms with Gasteiger partial charge in [-0.05, 0) is 105 Å². The van der Waals surface area contributed by atoms with E-state index in [-0.39, 0.29) is 0 Å². The van der Waals surface area contributed by atoms with Gasteiger partial charge in [-0.2, -0.15) is 0 Å². The number of nitrogens with zero attached hydrogens (tertiary/aromatic N) is 3. The summed E-state index contributed by atoms with van der Waals surface area (Å²) in [6, 6.07) is 62.1. The maximum Gasteiger partial charge on any atom is 0.161 e. The molecular weight excluding hydrogens is 679 g/mol. The van der Waals surface area contributed by atoms with Crippen molar-refractivity contribution in [3.63, 3.8) is 0 Å². The SMILES string of the molecule is C=NC(=NC(=NCc1ccc(-c2ccccc2)cc1)c1cc(-c2ccccc2)cc(-c2ccccc2)c1)c1cccc(-c2ccc3c(c2)CC2=CC=CCC23)c1. The molecule has 56 heavy (non-hydrogen) atoms. The van der Waals surface area contributed by atoms with Gasteiger partial charge >= 0.3 is 0 Å². The summed E-state index contributed by atoms with van der Waals surface area (Å²) in [5.41, 5.74) is 16.4. The minimum Gasteiger partial charge on any atom is -0.261 e. The second kappa shape index (κ2) is 15.8. The van der Waals surface area contributed by atoms with Crippen LogP contribution in [0.1, 0.15) is 40.2 Å². The van der Waals surface area contributed by atoms with Crippen molar-refractivity contribution >= 4 is 18.4 Å². The molecule has 0 aliphatic heterocycles. The van der Waals surface area contributed by atoms with Crippen LogP contribution in [0.2, 0.25) is 0 Å². The van der Waals surface area contributed by atoms with Crippen molar-refractivity contribution in [3.05, 3.63) is 228 Å². The first-order valence-corrected chi connectivity index (χ1v) is 19.3. The third-order valence-corrected chi connectivity index (χ3v) is 10.9. The van der Waals surface area contributed by atoms with Crippen LogP contribution in [0.4, 0.5) is 0 Å². The van der Waals surface area contributed by atoms with Gasteiger partial charge in [0.1, 0.15) is 0 Å². The van der Waals surface area contributed by atoms with Crippen LogP contribution in [0.5, 0.6) is 0 Å². The van der Waals surface area contributed by atoms with E-state index >= 15 is 0 Å². The number of hydrogen-bond donors (Lipinski definition) is 0. The van der Waals surface area contributed by atoms with E-state index in [9.17, 15) is 0 Å². The van der Waals surface area contributed by atoms with Crippen LogP contribution in [0.3, 0.4) is 0 Å². The summed E-state index contributed by atoms with van der Waals surface area (Å²) in [5.74, 6) is 1.64. The predicted octanol–water partition coefficient (Wildman–Crippen LogP) is 13.0. The fourth-order valence-electron chi connectivity index (χ4n) is 7.95. The van der Waals surface area contributed by atoms with Gasteiger partial charge in [-0.1, -0.05) is 175 Å². The Kier molecular flexibility index (Phi) is 9.80. The average molecular weight is 720 g/mol. The molecule has 0 radical (unpaired) electrons. The smallest absolute Gasteiger partial charge is 0.161 e. The maximum atomic E-state index is 5.25. The molecule has 0 saturated carbocycles. The summed E-state index contributed by atoms with van der Waals surface area (Å²) >= 11 is 0. The number of aliphatic imine (C=N–C) groups is 3. The molecule has 0 aromatic heterocycles. The van der Waals surface area contributed by atoms with Gasteiger partial charge in [0.05, 0.1) is 6.54 Å². The quantitative estimate of drug-likeness (QED) is 0.111. The van der Waals surface area contributed by atoms with E-state index < -0.39 is 0 Å². The van der Waals surface area contributed by atoms with Crippen LogP contribution >= 0.6 is 0 Å². The van der Waals surface area contributed by atoms with E-state index in [0.29, 0.717) is 24.1 Å². The van der Waals surface area contributed by atoms with Crippen molar-refractivity contribution in [1.29, 1.82) is 0 Å². The number of allylic oxidation sites excluding steroid dienone is 4. The Bertz CT molecular complexity index is 2590. The third kappa shape index (κ3) is 7.40. The van der Waals surface area contributed by atoms with E-state index in [0.717, 1.165) is 57.3 Å². The molecule has 7 aromatic rings. The molecule has 0 amide bonds. The molecule has 0 fully saturated rings. The number of hydrogen-bond acceptors (Lipinski definition) is 1. The van der Waals surface area contributed by atoms with Gasteiger partial charge in [0.25, 0.3) is 0 Å². The summed E-state index contributed by atoms with van der Waals surface area (Å²) in [4.78, 5) is 15.0. The maximum absolute atomic E-state index is 5.25. The zero-order valence-electron chi connectivity index (χ0n) is 31.2. The average Bonchev–Trinajstić information content (AvgIpc) is 3.65. The van der Waals surface area contributed by atoms with Crippen molar-refractivity contribution in [1.82, 2.24) is 0 Å². The van der Waals surface area contributed by atoms with Crippen molar-refractivity contribution < 1.29 is 0 Å². The van der Waals surface area contributed by atoms with Crippen LogP contribution in [0.25, 0.3) is 44.5 Å². The van der Waals surface area contributed by atoms with Crippen LogP contribution in [-0.2, 0) is 13.0 Å². The molecule has 1 atom stereocenters. The lowest BCUT2D eigenvalue weighted by atomic mass is 9.90. The van der Waals surface area contributed by atoms with E-state index in [2.05, 4.69) is 188 Å². The van der Waals surface area contributed by atoms with Crippen LogP contribution in [0.15, 0.2) is 215 Å². The Morgan fingerprint density at radius 3 is 1.75 bits per heavy atom. The van der Waals surface area contributed by atoms with Gasteiger partial charge in [0.2, 0.25) is 0 Å². The lowest BCUT2D eigenvalue weighted by Gasteiger charge is -2.14. The fourth-order valence-corrected chi connectivity index (χ4v) is 7.95. The summed E-state index contributed by atoms with van der Waals surface area (Å²) < 4.78 is 0. The third-order valence-electron chi connectivity index (χ3n) is 10.9. The van der Waals surface area contributed by atoms with Crippen molar-refractivity contribution in [2.75, 3.05) is 0 Å². The molecule has 9 rings (SSSR count). The molecular formula is C53H41N3. The van der Waals surface area contributed by atoms with Crippen molar-refractivity contribution in [3.8, 4) is 44.5 Å². The van der Waals surface area contributed by atoms with Gasteiger partial charge in [-0.3, -0.25) is 4.99 Å². The summed E-state index contributed by atoms with van der Waals surface area (Å²) in [7, 11) is 0. The van der Waals surface area contributed by atoms with Gasteiger partial charge in [0, 0.05) is 17.0 Å². The first-order chi connectivity index (χ1) is 27.7. The molecule has 0 heterocycles. The Hall–Kier alpha value is -6.97. The van der Waals surface area contributed by atoms with E-state index in [1.807, 2.05) is 18.2 Å². The molecule has 2 aliphatic carbocycles. The fraction of sp³-hybridized carbons (Fsp3) is 0.0755. The molecule has 7 aromatic carbocycles. The molecule has 0 N–H and O–H groups in total. The van der Waals surface area contributed by atoms with Crippen molar-refractivity contribution in [2.45, 2.75) is 25.3 Å². The number of amidine groups is 2. The van der Waals surface area contributed by atoms with Gasteiger partial charge in [0.15, 0.2) is 11.7 Å². The standard InChI is InChI=1S/C53H41N3/c1-54-52(45-22-13-21-42(30-45)43-28-29-51-48(31-43)32-44-20-11-12-23-50(44)51)56-53(55-36-37-24-26-41(27-25-37)38-14-5-2-6-15-38)49-34-46(39-16-7-3-8-17-39)33-47(35-49)40-18-9-4-10-19-40/h2-22,24-31,33-35,50H,1,23,32,36H2. The molecule has 3 nitrogen and oxygen atoms in total. The molecule has 3 heteroatoms. The largest absolute Gasteiger partial charge is 0.261 e. The van der Waals surface area contributed by atoms with Crippen LogP contribution in [-0.4, -0.2) is 18.4 Å². The monoisotopic (exact) mass is 719 g/mol. The molecule has 0 spiro atoms. The Morgan fingerprint density at radius 1 is 0.518 bits per heavy atom. The Morgan fingerprint density at radius 2 is 1.09 bits per heavy atom. The summed E-state index contributed by atoms with van der Waals surface area (Å²) in [6.07, 6.45) is 8.88. The zero-order valence-corrected chi connectivity index (χ0v) is 31.2. The highest BCUT2D eigenvalue weighted by Crippen LogP contribution is 2.43. The van der Waals surface area contributed by atoms with E-state index in [1.165, 1.54) is 33.4 Å². The summed E-state index contributed by atoms with van der Waals surface area (Å²) in [6.45, 7) is 4.47. The lowest BCUT2D eigenvalue weighted by molar-refractivity contribution is 0.822. The Labute approximate surface area is 329 Å². The number of benzene rings is 7. The Balaban J connectivity index is 1.12. The van der Waals surface area contributed by atoms with Crippen LogP contribution < -0.4 is 0 Å². The first-order valence-electron chi connectivity index (χ1n) is 19.3. The topological polar surface area (TPSA) is 37.1 Å². The second-order valence-corrected chi connectivity index (χ2v) is 14.5. The van der Waals surface area contributed by atoms with Gasteiger partial charge in [-0.25, -0.2) is 9.98 Å². The highest BCUT2D eigenvalue weighted by Gasteiger charge is 2.27.